The normalized spacial score (nSPS) is 15.1. The van der Waals surface area contributed by atoms with Crippen LogP contribution in [-0.4, -0.2) is 14.2 Å². The Kier molecular flexibility index (Phi) is 4.08. The molecule has 2 nitrogen and oxygen atoms in total. The Balaban J connectivity index is 1.75. The average molecular weight is 287 g/mol. The van der Waals surface area contributed by atoms with E-state index in [9.17, 15) is 0 Å². The molecular weight excluding hydrogens is 266 g/mol. The molecule has 0 aliphatic heterocycles. The molecule has 0 bridgehead atoms. The van der Waals surface area contributed by atoms with E-state index in [-0.39, 0.29) is 0 Å². The molecule has 1 aromatic heterocycles. The first-order chi connectivity index (χ1) is 9.80. The number of thiophene rings is 1. The van der Waals surface area contributed by atoms with E-state index in [0.717, 1.165) is 12.2 Å². The van der Waals surface area contributed by atoms with Crippen LogP contribution in [0.25, 0.3) is 0 Å². The van der Waals surface area contributed by atoms with Crippen molar-refractivity contribution in [3.8, 4) is 5.75 Å². The Morgan fingerprint density at radius 3 is 2.70 bits per heavy atom. The summed E-state index contributed by atoms with van der Waals surface area (Å²) >= 11 is 1.99. The highest BCUT2D eigenvalue weighted by Crippen LogP contribution is 2.34. The molecule has 0 radical (unpaired) electrons. The number of ether oxygens (including phenoxy) is 1. The second-order valence-electron chi connectivity index (χ2n) is 5.34. The van der Waals surface area contributed by atoms with Crippen molar-refractivity contribution in [1.29, 1.82) is 0 Å². The minimum atomic E-state index is 0.416. The molecule has 0 fully saturated rings. The maximum atomic E-state index is 5.21. The first-order valence-corrected chi connectivity index (χ1v) is 8.03. The molecule has 1 unspecified atom stereocenters. The van der Waals surface area contributed by atoms with Gasteiger partial charge < -0.3 is 10.1 Å². The number of benzene rings is 1. The molecule has 3 heteroatoms. The van der Waals surface area contributed by atoms with Crippen molar-refractivity contribution in [3.05, 3.63) is 51.2 Å². The molecule has 0 amide bonds. The highest BCUT2D eigenvalue weighted by atomic mass is 32.1. The number of hydrogen-bond donors (Lipinski definition) is 1. The van der Waals surface area contributed by atoms with Gasteiger partial charge in [-0.2, -0.15) is 0 Å². The van der Waals surface area contributed by atoms with Crippen LogP contribution in [0, 0.1) is 0 Å². The summed E-state index contributed by atoms with van der Waals surface area (Å²) in [5, 5.41) is 3.46. The van der Waals surface area contributed by atoms with Crippen molar-refractivity contribution >= 4 is 11.3 Å². The van der Waals surface area contributed by atoms with Gasteiger partial charge in [-0.1, -0.05) is 12.1 Å². The van der Waals surface area contributed by atoms with Crippen molar-refractivity contribution in [1.82, 2.24) is 5.32 Å². The third-order valence-electron chi connectivity index (χ3n) is 4.06. The number of likely N-dealkylation sites (N-methyl/N-ethyl adjacent to an activating group) is 1. The van der Waals surface area contributed by atoms with Crippen LogP contribution >= 0.6 is 11.3 Å². The summed E-state index contributed by atoms with van der Waals surface area (Å²) in [5.41, 5.74) is 2.93. The van der Waals surface area contributed by atoms with Crippen LogP contribution in [0.5, 0.6) is 5.75 Å². The fourth-order valence-corrected chi connectivity index (χ4v) is 4.23. The van der Waals surface area contributed by atoms with Crippen molar-refractivity contribution in [2.45, 2.75) is 31.7 Å². The largest absolute Gasteiger partial charge is 0.497 e. The molecule has 106 valence electrons. The topological polar surface area (TPSA) is 21.3 Å². The smallest absolute Gasteiger partial charge is 0.118 e. The number of rotatable bonds is 5. The van der Waals surface area contributed by atoms with Crippen LogP contribution < -0.4 is 10.1 Å². The second kappa shape index (κ2) is 5.98. The Bertz CT molecular complexity index is 552. The average Bonchev–Trinajstić information content (AvgIpc) is 3.06. The fraction of sp³-hybridized carbons (Fsp3) is 0.412. The van der Waals surface area contributed by atoms with Gasteiger partial charge in [0.15, 0.2) is 0 Å². The lowest BCUT2D eigenvalue weighted by Gasteiger charge is -2.15. The van der Waals surface area contributed by atoms with Crippen molar-refractivity contribution in [2.24, 2.45) is 0 Å². The lowest BCUT2D eigenvalue weighted by atomic mass is 10.0. The van der Waals surface area contributed by atoms with Gasteiger partial charge >= 0.3 is 0 Å². The van der Waals surface area contributed by atoms with Gasteiger partial charge in [-0.3, -0.25) is 0 Å². The van der Waals surface area contributed by atoms with Gasteiger partial charge in [0.05, 0.1) is 7.11 Å². The Hall–Kier alpha value is -1.32. The van der Waals surface area contributed by atoms with E-state index < -0.39 is 0 Å². The van der Waals surface area contributed by atoms with Crippen molar-refractivity contribution in [3.63, 3.8) is 0 Å². The highest BCUT2D eigenvalue weighted by molar-refractivity contribution is 7.12. The molecule has 0 saturated carbocycles. The minimum absolute atomic E-state index is 0.416. The molecule has 0 spiro atoms. The van der Waals surface area contributed by atoms with E-state index in [2.05, 4.69) is 30.6 Å². The molecular formula is C17H21NOS. The number of methoxy groups -OCH3 is 1. The zero-order valence-corrected chi connectivity index (χ0v) is 12.9. The molecule has 20 heavy (non-hydrogen) atoms. The van der Waals surface area contributed by atoms with Gasteiger partial charge in [-0.05, 0) is 62.1 Å². The van der Waals surface area contributed by atoms with Gasteiger partial charge in [-0.15, -0.1) is 11.3 Å². The predicted octanol–water partition coefficient (Wildman–Crippen LogP) is 3.75. The van der Waals surface area contributed by atoms with Gasteiger partial charge in [-0.25, -0.2) is 0 Å². The summed E-state index contributed by atoms with van der Waals surface area (Å²) in [5.74, 6) is 0.921. The molecule has 1 aliphatic rings. The molecule has 1 heterocycles. The third-order valence-corrected chi connectivity index (χ3v) is 5.41. The van der Waals surface area contributed by atoms with E-state index in [1.54, 1.807) is 17.6 Å². The van der Waals surface area contributed by atoms with Crippen LogP contribution in [0.3, 0.4) is 0 Å². The SMILES string of the molecule is CNC(Cc1ccc(OC)cc1)c1cc2c(s1)CCC2. The van der Waals surface area contributed by atoms with E-state index in [1.807, 2.05) is 23.5 Å². The lowest BCUT2D eigenvalue weighted by molar-refractivity contribution is 0.414. The fourth-order valence-electron chi connectivity index (χ4n) is 2.87. The quantitative estimate of drug-likeness (QED) is 0.904. The summed E-state index contributed by atoms with van der Waals surface area (Å²) in [4.78, 5) is 3.09. The molecule has 1 atom stereocenters. The summed E-state index contributed by atoms with van der Waals surface area (Å²) < 4.78 is 5.21. The van der Waals surface area contributed by atoms with Crippen molar-refractivity contribution in [2.75, 3.05) is 14.2 Å². The highest BCUT2D eigenvalue weighted by Gasteiger charge is 2.19. The summed E-state index contributed by atoms with van der Waals surface area (Å²) in [7, 11) is 3.76. The van der Waals surface area contributed by atoms with Gasteiger partial charge in [0, 0.05) is 15.8 Å². The van der Waals surface area contributed by atoms with E-state index in [4.69, 9.17) is 4.74 Å². The van der Waals surface area contributed by atoms with Crippen molar-refractivity contribution < 1.29 is 4.74 Å². The third kappa shape index (κ3) is 2.74. The maximum Gasteiger partial charge on any atom is 0.118 e. The first-order valence-electron chi connectivity index (χ1n) is 7.22. The number of hydrogen-bond acceptors (Lipinski definition) is 3. The van der Waals surface area contributed by atoms with Gasteiger partial charge in [0.1, 0.15) is 5.75 Å². The Morgan fingerprint density at radius 2 is 2.05 bits per heavy atom. The molecule has 1 N–H and O–H groups in total. The van der Waals surface area contributed by atoms with Crippen LogP contribution in [0.4, 0.5) is 0 Å². The molecule has 0 saturated heterocycles. The standard InChI is InChI=1S/C17H21NOS/c1-18-15(10-12-6-8-14(19-2)9-7-12)17-11-13-4-3-5-16(13)20-17/h6-9,11,15,18H,3-5,10H2,1-2H3. The van der Waals surface area contributed by atoms with Crippen LogP contribution in [0.2, 0.25) is 0 Å². The van der Waals surface area contributed by atoms with Gasteiger partial charge in [0.25, 0.3) is 0 Å². The van der Waals surface area contributed by atoms with Crippen LogP contribution in [-0.2, 0) is 19.3 Å². The molecule has 3 rings (SSSR count). The maximum absolute atomic E-state index is 5.21. The molecule has 1 aliphatic carbocycles. The molecule has 1 aromatic carbocycles. The Labute approximate surface area is 124 Å². The monoisotopic (exact) mass is 287 g/mol. The lowest BCUT2D eigenvalue weighted by Crippen LogP contribution is -2.17. The molecule has 2 aromatic rings. The summed E-state index contributed by atoms with van der Waals surface area (Å²) in [6.45, 7) is 0. The zero-order valence-electron chi connectivity index (χ0n) is 12.1. The number of aryl methyl sites for hydroxylation is 2. The zero-order chi connectivity index (χ0) is 13.9. The summed E-state index contributed by atoms with van der Waals surface area (Å²) in [6.07, 6.45) is 4.91. The van der Waals surface area contributed by atoms with Crippen LogP contribution in [0.15, 0.2) is 30.3 Å². The predicted molar refractivity (Wildman–Crippen MR) is 84.8 cm³/mol. The van der Waals surface area contributed by atoms with E-state index in [0.29, 0.717) is 6.04 Å². The van der Waals surface area contributed by atoms with E-state index in [1.165, 1.54) is 29.7 Å². The summed E-state index contributed by atoms with van der Waals surface area (Å²) in [6, 6.07) is 11.2. The van der Waals surface area contributed by atoms with Gasteiger partial charge in [0.2, 0.25) is 0 Å². The van der Waals surface area contributed by atoms with Crippen LogP contribution in [0.1, 0.15) is 33.3 Å². The minimum Gasteiger partial charge on any atom is -0.497 e. The first kappa shape index (κ1) is 13.7. The van der Waals surface area contributed by atoms with E-state index >= 15 is 0 Å². The number of nitrogens with one attached hydrogen (secondary N) is 1. The second-order valence-corrected chi connectivity index (χ2v) is 6.51. The number of fused-ring (bicyclic) bond motifs is 1. The Morgan fingerprint density at radius 1 is 1.25 bits per heavy atom.